The van der Waals surface area contributed by atoms with Gasteiger partial charge in [0.25, 0.3) is 5.91 Å². The molecule has 0 saturated carbocycles. The highest BCUT2D eigenvalue weighted by molar-refractivity contribution is 7.09. The Morgan fingerprint density at radius 2 is 1.19 bits per heavy atom. The molecule has 5 unspecified atom stereocenters. The highest BCUT2D eigenvalue weighted by Crippen LogP contribution is 2.21. The maximum atomic E-state index is 14.7. The van der Waals surface area contributed by atoms with E-state index in [1.54, 1.807) is 24.3 Å². The second-order valence-electron chi connectivity index (χ2n) is 16.4. The number of hydrogen-bond acceptors (Lipinski definition) is 8. The van der Waals surface area contributed by atoms with Gasteiger partial charge in [-0.3, -0.25) is 24.0 Å². The molecular formula is C53H53N5O8S. The number of amides is 5. The molecule has 1 aromatic heterocycles. The van der Waals surface area contributed by atoms with E-state index < -0.39 is 72.3 Å². The Labute approximate surface area is 393 Å². The first-order valence-electron chi connectivity index (χ1n) is 22.3. The molecule has 0 radical (unpaired) electrons. The number of aliphatic carboxylic acids is 1. The minimum absolute atomic E-state index is 0.0288. The Hall–Kier alpha value is -7.58. The second-order valence-corrected chi connectivity index (χ2v) is 17.5. The Kier molecular flexibility index (Phi) is 16.7. The van der Waals surface area contributed by atoms with Gasteiger partial charge in [-0.2, -0.15) is 0 Å². The third-order valence-electron chi connectivity index (χ3n) is 11.5. The fourth-order valence-electron chi connectivity index (χ4n) is 7.83. The van der Waals surface area contributed by atoms with E-state index in [2.05, 4.69) is 26.6 Å². The molecule has 344 valence electrons. The van der Waals surface area contributed by atoms with E-state index in [1.807, 2.05) is 133 Å². The normalized spacial score (nSPS) is 18.6. The topological polar surface area (TPSA) is 192 Å². The molecule has 6 N–H and O–H groups in total. The summed E-state index contributed by atoms with van der Waals surface area (Å²) in [7, 11) is 0. The zero-order chi connectivity index (χ0) is 47.0. The van der Waals surface area contributed by atoms with Crippen molar-refractivity contribution < 1.29 is 38.6 Å². The van der Waals surface area contributed by atoms with Crippen molar-refractivity contribution in [3.05, 3.63) is 184 Å². The summed E-state index contributed by atoms with van der Waals surface area (Å²) in [4.78, 5) is 84.6. The highest BCUT2D eigenvalue weighted by atomic mass is 32.1. The number of carbonyl (C=O) groups is 6. The second kappa shape index (κ2) is 23.6. The Morgan fingerprint density at radius 3 is 1.82 bits per heavy atom. The largest absolute Gasteiger partial charge is 0.484 e. The number of aryl methyl sites for hydroxylation is 2. The summed E-state index contributed by atoms with van der Waals surface area (Å²) in [6.45, 7) is -0.422. The van der Waals surface area contributed by atoms with Crippen LogP contribution in [0.1, 0.15) is 40.0 Å². The van der Waals surface area contributed by atoms with Crippen LogP contribution < -0.4 is 31.3 Å². The SMILES string of the molecule is O=C1COc2ccc(cc2)CC(C(=O)NC(CCc2ccccc2)C(=O)O)NC(=O)C(CCc2ccccc2)NC(=O)C(Cc2ccc(-c3ccccc3)cc2)NC(=O)C(Cc2cccs2)N1. The summed E-state index contributed by atoms with van der Waals surface area (Å²) in [5, 5.41) is 26.1. The van der Waals surface area contributed by atoms with Gasteiger partial charge in [-0.15, -0.1) is 11.3 Å². The van der Waals surface area contributed by atoms with Crippen LogP contribution in [0.4, 0.5) is 0 Å². The summed E-state index contributed by atoms with van der Waals surface area (Å²) < 4.78 is 5.81. The lowest BCUT2D eigenvalue weighted by molar-refractivity contribution is -0.142. The van der Waals surface area contributed by atoms with Crippen molar-refractivity contribution in [1.29, 1.82) is 0 Å². The number of rotatable bonds is 14. The summed E-state index contributed by atoms with van der Waals surface area (Å²) >= 11 is 1.42. The average Bonchev–Trinajstić information content (AvgIpc) is 3.87. The van der Waals surface area contributed by atoms with Gasteiger partial charge in [0.1, 0.15) is 36.0 Å². The number of nitrogens with one attached hydrogen (secondary N) is 5. The van der Waals surface area contributed by atoms with Crippen LogP contribution in [0.15, 0.2) is 157 Å². The molecule has 3 heterocycles. The zero-order valence-corrected chi connectivity index (χ0v) is 37.6. The smallest absolute Gasteiger partial charge is 0.326 e. The van der Waals surface area contributed by atoms with E-state index in [0.29, 0.717) is 24.2 Å². The molecular weight excluding hydrogens is 867 g/mol. The zero-order valence-electron chi connectivity index (χ0n) is 36.8. The molecule has 2 aliphatic rings. The van der Waals surface area contributed by atoms with Gasteiger partial charge in [0, 0.05) is 24.1 Å². The first-order valence-corrected chi connectivity index (χ1v) is 23.1. The quantitative estimate of drug-likeness (QED) is 0.0760. The molecule has 0 fully saturated rings. The molecule has 6 aromatic rings. The summed E-state index contributed by atoms with van der Waals surface area (Å²) in [6.07, 6.45) is 1.07. The Bertz CT molecular complexity index is 2580. The number of carboxylic acid groups (broad SMARTS) is 1. The first-order chi connectivity index (χ1) is 32.6. The number of carboxylic acids is 1. The van der Waals surface area contributed by atoms with Gasteiger partial charge < -0.3 is 36.4 Å². The third kappa shape index (κ3) is 14.2. The van der Waals surface area contributed by atoms with Gasteiger partial charge in [-0.25, -0.2) is 4.79 Å². The maximum absolute atomic E-state index is 14.7. The van der Waals surface area contributed by atoms with Gasteiger partial charge in [0.2, 0.25) is 23.6 Å². The molecule has 67 heavy (non-hydrogen) atoms. The summed E-state index contributed by atoms with van der Waals surface area (Å²) in [5.74, 6) is -4.16. The summed E-state index contributed by atoms with van der Waals surface area (Å²) in [6, 6.07) is 40.3. The molecule has 2 bridgehead atoms. The van der Waals surface area contributed by atoms with Crippen LogP contribution in [0.25, 0.3) is 11.1 Å². The lowest BCUT2D eigenvalue weighted by Crippen LogP contribution is -2.59. The van der Waals surface area contributed by atoms with Gasteiger partial charge >= 0.3 is 5.97 Å². The molecule has 14 heteroatoms. The van der Waals surface area contributed by atoms with E-state index in [0.717, 1.165) is 32.7 Å². The van der Waals surface area contributed by atoms with Crippen LogP contribution >= 0.6 is 11.3 Å². The number of thiophene rings is 1. The van der Waals surface area contributed by atoms with Crippen LogP contribution in [0, 0.1) is 0 Å². The van der Waals surface area contributed by atoms with Crippen molar-refractivity contribution >= 4 is 46.8 Å². The number of hydrogen-bond donors (Lipinski definition) is 6. The molecule has 0 aliphatic carbocycles. The number of benzene rings is 5. The average molecular weight is 920 g/mol. The predicted octanol–water partition coefficient (Wildman–Crippen LogP) is 5.61. The van der Waals surface area contributed by atoms with Crippen molar-refractivity contribution in [3.63, 3.8) is 0 Å². The fourth-order valence-corrected chi connectivity index (χ4v) is 8.58. The van der Waals surface area contributed by atoms with Gasteiger partial charge in [0.05, 0.1) is 0 Å². The Morgan fingerprint density at radius 1 is 0.612 bits per heavy atom. The van der Waals surface area contributed by atoms with Crippen molar-refractivity contribution in [2.75, 3.05) is 6.61 Å². The van der Waals surface area contributed by atoms with E-state index in [1.165, 1.54) is 11.3 Å². The number of carbonyl (C=O) groups excluding carboxylic acids is 5. The lowest BCUT2D eigenvalue weighted by atomic mass is 9.99. The predicted molar refractivity (Wildman–Crippen MR) is 256 cm³/mol. The standard InChI is InChI=1S/C53H53N5O8S/c59-48-34-66-41-26-20-38(21-27-41)32-46(51(62)56-44(53(64)65)29-23-36-13-6-2-7-14-36)57-49(60)43(28-22-35-11-4-1-5-12-35)55-50(61)45(58-52(63)47(54-48)33-42-17-10-30-67-42)31-37-18-24-40(25-19-37)39-15-8-3-9-16-39/h1-21,24-27,30,43-47H,22-23,28-29,31-34H2,(H,54,59)(H,55,61)(H,56,62)(H,57,60)(H,58,63)(H,64,65). The van der Waals surface area contributed by atoms with E-state index in [4.69, 9.17) is 4.74 Å². The number of ether oxygens (including phenoxy) is 1. The fraction of sp³-hybridized carbons (Fsp3) is 0.245. The van der Waals surface area contributed by atoms with Crippen molar-refractivity contribution in [3.8, 4) is 16.9 Å². The van der Waals surface area contributed by atoms with Crippen LogP contribution in [0.5, 0.6) is 5.75 Å². The van der Waals surface area contributed by atoms with Gasteiger partial charge in [0.15, 0.2) is 6.61 Å². The molecule has 0 saturated heterocycles. The van der Waals surface area contributed by atoms with Crippen molar-refractivity contribution in [2.24, 2.45) is 0 Å². The molecule has 0 spiro atoms. The number of fused-ring (bicyclic) bond motifs is 16. The van der Waals surface area contributed by atoms with Crippen LogP contribution in [0.3, 0.4) is 0 Å². The van der Waals surface area contributed by atoms with Gasteiger partial charge in [-0.05, 0) is 82.6 Å². The molecule has 8 rings (SSSR count). The van der Waals surface area contributed by atoms with Crippen molar-refractivity contribution in [1.82, 2.24) is 26.6 Å². The van der Waals surface area contributed by atoms with Crippen LogP contribution in [-0.2, 0) is 60.9 Å². The van der Waals surface area contributed by atoms with E-state index in [-0.39, 0.29) is 32.1 Å². The summed E-state index contributed by atoms with van der Waals surface area (Å²) in [5.41, 5.74) is 5.07. The minimum atomic E-state index is -1.28. The lowest BCUT2D eigenvalue weighted by Gasteiger charge is -2.27. The van der Waals surface area contributed by atoms with Crippen LogP contribution in [-0.4, -0.2) is 77.4 Å². The minimum Gasteiger partial charge on any atom is -0.484 e. The monoisotopic (exact) mass is 919 g/mol. The molecule has 5 atom stereocenters. The molecule has 13 nitrogen and oxygen atoms in total. The molecule has 5 aromatic carbocycles. The third-order valence-corrected chi connectivity index (χ3v) is 12.4. The maximum Gasteiger partial charge on any atom is 0.326 e. The first kappa shape index (κ1) is 47.4. The van der Waals surface area contributed by atoms with Crippen LogP contribution in [0.2, 0.25) is 0 Å². The van der Waals surface area contributed by atoms with E-state index in [9.17, 15) is 33.9 Å². The van der Waals surface area contributed by atoms with Gasteiger partial charge in [-0.1, -0.05) is 133 Å². The Balaban J connectivity index is 1.21. The highest BCUT2D eigenvalue weighted by Gasteiger charge is 2.33. The van der Waals surface area contributed by atoms with Crippen molar-refractivity contribution in [2.45, 2.75) is 75.2 Å². The van der Waals surface area contributed by atoms with E-state index >= 15 is 0 Å². The molecule has 2 aliphatic heterocycles. The molecule has 5 amide bonds.